The van der Waals surface area contributed by atoms with E-state index in [1.54, 1.807) is 0 Å². The summed E-state index contributed by atoms with van der Waals surface area (Å²) in [4.78, 5) is 0. The Bertz CT molecular complexity index is 491. The minimum Gasteiger partial charge on any atom is -0.0921 e. The summed E-state index contributed by atoms with van der Waals surface area (Å²) < 4.78 is 1.12. The van der Waals surface area contributed by atoms with Gasteiger partial charge in [0.05, 0.1) is 0 Å². The van der Waals surface area contributed by atoms with Crippen LogP contribution >= 0.6 is 43.5 Å². The highest BCUT2D eigenvalue weighted by molar-refractivity contribution is 9.10. The Hall–Kier alpha value is -0.310. The molecule has 2 rings (SSSR count). The van der Waals surface area contributed by atoms with E-state index in [1.807, 2.05) is 12.1 Å². The van der Waals surface area contributed by atoms with E-state index in [9.17, 15) is 0 Å². The summed E-state index contributed by atoms with van der Waals surface area (Å²) in [6, 6.07) is 16.6. The van der Waals surface area contributed by atoms with Crippen LogP contribution in [-0.4, -0.2) is 5.33 Å². The minimum absolute atomic E-state index is 0.475. The van der Waals surface area contributed by atoms with Crippen molar-refractivity contribution in [2.24, 2.45) is 0 Å². The van der Waals surface area contributed by atoms with Crippen LogP contribution in [0.1, 0.15) is 17.0 Å². The summed E-state index contributed by atoms with van der Waals surface area (Å²) in [6.45, 7) is 0. The number of hydrogen-bond acceptors (Lipinski definition) is 0. The Morgan fingerprint density at radius 1 is 0.944 bits per heavy atom. The van der Waals surface area contributed by atoms with Gasteiger partial charge in [-0.2, -0.15) is 0 Å². The van der Waals surface area contributed by atoms with Crippen molar-refractivity contribution in [2.45, 2.75) is 12.3 Å². The molecule has 0 bridgehead atoms. The molecule has 0 aliphatic rings. The lowest BCUT2D eigenvalue weighted by Crippen LogP contribution is -2.04. The highest BCUT2D eigenvalue weighted by Gasteiger charge is 2.11. The van der Waals surface area contributed by atoms with Gasteiger partial charge in [-0.05, 0) is 47.7 Å². The molecule has 0 aliphatic heterocycles. The van der Waals surface area contributed by atoms with Gasteiger partial charge in [-0.1, -0.05) is 67.7 Å². The molecule has 0 radical (unpaired) electrons. The van der Waals surface area contributed by atoms with Gasteiger partial charge in [0.25, 0.3) is 0 Å². The molecule has 0 nitrogen and oxygen atoms in total. The van der Waals surface area contributed by atoms with Crippen LogP contribution in [0, 0.1) is 0 Å². The maximum Gasteiger partial charge on any atom is 0.0406 e. The fourth-order valence-electron chi connectivity index (χ4n) is 1.90. The standard InChI is InChI=1S/C15H13Br2Cl/c16-10-13(12-3-7-15(18)8-4-12)9-11-1-5-14(17)6-2-11/h1-8,13H,9-10H2. The fourth-order valence-corrected chi connectivity index (χ4v) is 2.89. The Balaban J connectivity index is 2.14. The van der Waals surface area contributed by atoms with Crippen LogP contribution in [0.15, 0.2) is 53.0 Å². The van der Waals surface area contributed by atoms with Crippen molar-refractivity contribution in [3.05, 3.63) is 69.2 Å². The molecular weight excluding hydrogens is 375 g/mol. The lowest BCUT2D eigenvalue weighted by atomic mass is 9.94. The number of rotatable bonds is 4. The Kier molecular flexibility index (Phi) is 5.28. The molecule has 0 saturated heterocycles. The molecule has 0 fully saturated rings. The van der Waals surface area contributed by atoms with Crippen molar-refractivity contribution in [3.63, 3.8) is 0 Å². The molecule has 3 heteroatoms. The largest absolute Gasteiger partial charge is 0.0921 e. The second kappa shape index (κ2) is 6.74. The first-order valence-electron chi connectivity index (χ1n) is 5.75. The number of benzene rings is 2. The molecule has 1 unspecified atom stereocenters. The van der Waals surface area contributed by atoms with E-state index in [0.717, 1.165) is 21.2 Å². The number of hydrogen-bond donors (Lipinski definition) is 0. The molecule has 2 aromatic carbocycles. The van der Waals surface area contributed by atoms with Gasteiger partial charge in [0.15, 0.2) is 0 Å². The normalized spacial score (nSPS) is 12.4. The second-order valence-electron chi connectivity index (χ2n) is 4.23. The second-order valence-corrected chi connectivity index (χ2v) is 6.23. The first kappa shape index (κ1) is 14.1. The zero-order chi connectivity index (χ0) is 13.0. The third-order valence-corrected chi connectivity index (χ3v) is 4.49. The van der Waals surface area contributed by atoms with Gasteiger partial charge < -0.3 is 0 Å². The first-order valence-corrected chi connectivity index (χ1v) is 8.04. The molecule has 0 aliphatic carbocycles. The SMILES string of the molecule is Clc1ccc(C(CBr)Cc2ccc(Br)cc2)cc1. The van der Waals surface area contributed by atoms with Crippen molar-refractivity contribution in [1.29, 1.82) is 0 Å². The molecule has 94 valence electrons. The molecule has 0 N–H and O–H groups in total. The van der Waals surface area contributed by atoms with Crippen LogP contribution in [0.2, 0.25) is 5.02 Å². The minimum atomic E-state index is 0.475. The van der Waals surface area contributed by atoms with Crippen LogP contribution in [0.4, 0.5) is 0 Å². The van der Waals surface area contributed by atoms with Gasteiger partial charge in [-0.3, -0.25) is 0 Å². The summed E-state index contributed by atoms with van der Waals surface area (Å²) in [5.41, 5.74) is 2.66. The average molecular weight is 389 g/mol. The summed E-state index contributed by atoms with van der Waals surface area (Å²) >= 11 is 13.0. The summed E-state index contributed by atoms with van der Waals surface area (Å²) in [6.07, 6.45) is 1.03. The van der Waals surface area contributed by atoms with E-state index in [4.69, 9.17) is 11.6 Å². The molecule has 0 heterocycles. The van der Waals surface area contributed by atoms with Gasteiger partial charge in [-0.15, -0.1) is 0 Å². The molecule has 0 amide bonds. The van der Waals surface area contributed by atoms with E-state index in [0.29, 0.717) is 5.92 Å². The molecule has 2 aromatic rings. The Labute approximate surface area is 130 Å². The zero-order valence-corrected chi connectivity index (χ0v) is 13.7. The van der Waals surface area contributed by atoms with Crippen molar-refractivity contribution in [3.8, 4) is 0 Å². The van der Waals surface area contributed by atoms with Crippen molar-refractivity contribution in [1.82, 2.24) is 0 Å². The van der Waals surface area contributed by atoms with Crippen molar-refractivity contribution < 1.29 is 0 Å². The predicted molar refractivity (Wildman–Crippen MR) is 85.8 cm³/mol. The summed E-state index contributed by atoms with van der Waals surface area (Å²) in [7, 11) is 0. The van der Waals surface area contributed by atoms with E-state index < -0.39 is 0 Å². The highest BCUT2D eigenvalue weighted by atomic mass is 79.9. The predicted octanol–water partition coefficient (Wildman–Crippen LogP) is 5.82. The monoisotopic (exact) mass is 386 g/mol. The van der Waals surface area contributed by atoms with Gasteiger partial charge in [-0.25, -0.2) is 0 Å². The molecule has 0 saturated carbocycles. The topological polar surface area (TPSA) is 0 Å². The lowest BCUT2D eigenvalue weighted by Gasteiger charge is -2.15. The lowest BCUT2D eigenvalue weighted by molar-refractivity contribution is 0.775. The van der Waals surface area contributed by atoms with Gasteiger partial charge in [0, 0.05) is 14.8 Å². The third kappa shape index (κ3) is 3.84. The van der Waals surface area contributed by atoms with Crippen molar-refractivity contribution >= 4 is 43.5 Å². The zero-order valence-electron chi connectivity index (χ0n) is 9.74. The molecule has 1 atom stereocenters. The third-order valence-electron chi connectivity index (χ3n) is 2.92. The van der Waals surface area contributed by atoms with Crippen LogP contribution in [0.25, 0.3) is 0 Å². The van der Waals surface area contributed by atoms with Gasteiger partial charge in [0.2, 0.25) is 0 Å². The molecular formula is C15H13Br2Cl. The van der Waals surface area contributed by atoms with Crippen LogP contribution < -0.4 is 0 Å². The quantitative estimate of drug-likeness (QED) is 0.579. The van der Waals surface area contributed by atoms with E-state index >= 15 is 0 Å². The maximum absolute atomic E-state index is 5.92. The van der Waals surface area contributed by atoms with E-state index in [-0.39, 0.29) is 0 Å². The smallest absolute Gasteiger partial charge is 0.0406 e. The molecule has 0 spiro atoms. The van der Waals surface area contributed by atoms with Gasteiger partial charge >= 0.3 is 0 Å². The molecule has 18 heavy (non-hydrogen) atoms. The van der Waals surface area contributed by atoms with Crippen LogP contribution in [0.3, 0.4) is 0 Å². The van der Waals surface area contributed by atoms with Crippen LogP contribution in [-0.2, 0) is 6.42 Å². The summed E-state index contributed by atoms with van der Waals surface area (Å²) in [5, 5.41) is 1.74. The van der Waals surface area contributed by atoms with E-state index in [2.05, 4.69) is 68.3 Å². The van der Waals surface area contributed by atoms with Gasteiger partial charge in [0.1, 0.15) is 0 Å². The number of alkyl halides is 1. The maximum atomic E-state index is 5.92. The van der Waals surface area contributed by atoms with Crippen LogP contribution in [0.5, 0.6) is 0 Å². The Morgan fingerprint density at radius 2 is 1.56 bits per heavy atom. The highest BCUT2D eigenvalue weighted by Crippen LogP contribution is 2.25. The molecule has 0 aromatic heterocycles. The van der Waals surface area contributed by atoms with Crippen molar-refractivity contribution in [2.75, 3.05) is 5.33 Å². The first-order chi connectivity index (χ1) is 8.69. The average Bonchev–Trinajstić information content (AvgIpc) is 2.39. The van der Waals surface area contributed by atoms with E-state index in [1.165, 1.54) is 11.1 Å². The summed E-state index contributed by atoms with van der Waals surface area (Å²) in [5.74, 6) is 0.475. The Morgan fingerprint density at radius 3 is 2.11 bits per heavy atom. The fraction of sp³-hybridized carbons (Fsp3) is 0.200. The number of halogens is 3.